The van der Waals surface area contributed by atoms with Gasteiger partial charge in [0.05, 0.1) is 19.1 Å². The van der Waals surface area contributed by atoms with E-state index in [0.717, 1.165) is 25.7 Å². The number of ether oxygens (including phenoxy) is 1. The number of imide groups is 1. The van der Waals surface area contributed by atoms with Crippen LogP contribution >= 0.6 is 0 Å². The molecule has 0 unspecified atom stereocenters. The van der Waals surface area contributed by atoms with Crippen molar-refractivity contribution in [3.63, 3.8) is 0 Å². The second-order valence-electron chi connectivity index (χ2n) is 8.69. The van der Waals surface area contributed by atoms with Crippen LogP contribution in [0.15, 0.2) is 28.9 Å². The largest absolute Gasteiger partial charge is 0.496 e. The molecule has 1 aliphatic carbocycles. The van der Waals surface area contributed by atoms with Crippen molar-refractivity contribution in [2.24, 2.45) is 0 Å². The maximum Gasteiger partial charge on any atom is 0.241 e. The molecular formula is C23H28N4O5. The average molecular weight is 441 g/mol. The molecule has 0 spiro atoms. The average Bonchev–Trinajstić information content (AvgIpc) is 3.50. The molecule has 0 bridgehead atoms. The molecule has 2 heterocycles. The van der Waals surface area contributed by atoms with Gasteiger partial charge >= 0.3 is 0 Å². The number of nitrogens with zero attached hydrogens (tertiary/aromatic N) is 4. The third-order valence-electron chi connectivity index (χ3n) is 6.67. The van der Waals surface area contributed by atoms with E-state index in [1.54, 1.807) is 38.2 Å². The van der Waals surface area contributed by atoms with Crippen molar-refractivity contribution in [3.05, 3.63) is 41.2 Å². The van der Waals surface area contributed by atoms with E-state index >= 15 is 0 Å². The van der Waals surface area contributed by atoms with Gasteiger partial charge in [0.15, 0.2) is 0 Å². The molecule has 3 amide bonds. The van der Waals surface area contributed by atoms with E-state index < -0.39 is 5.41 Å². The van der Waals surface area contributed by atoms with Crippen LogP contribution in [-0.4, -0.2) is 58.0 Å². The molecule has 2 aliphatic rings. The van der Waals surface area contributed by atoms with Gasteiger partial charge in [-0.15, -0.1) is 0 Å². The Hall–Kier alpha value is -3.23. The molecule has 9 heteroatoms. The van der Waals surface area contributed by atoms with Gasteiger partial charge in [-0.3, -0.25) is 19.3 Å². The molecule has 1 aromatic heterocycles. The lowest BCUT2D eigenvalue weighted by molar-refractivity contribution is -0.144. The molecule has 4 rings (SSSR count). The standard InChI is InChI=1S/C23H28N4O5/c1-15-18(25-32-24-15)14-26(2)20(28)12-23(17-10-6-7-11-19(17)31-3)13-21(29)27(22(23)30)16-8-4-5-9-16/h6-7,10-11,16H,4-5,8-9,12-14H2,1-3H3/t23-/m1/s1. The van der Waals surface area contributed by atoms with Crippen LogP contribution in [0.3, 0.4) is 0 Å². The zero-order valence-corrected chi connectivity index (χ0v) is 18.7. The van der Waals surface area contributed by atoms with Gasteiger partial charge in [0.1, 0.15) is 17.1 Å². The van der Waals surface area contributed by atoms with E-state index in [9.17, 15) is 14.4 Å². The highest BCUT2D eigenvalue weighted by molar-refractivity contribution is 6.11. The predicted molar refractivity (Wildman–Crippen MR) is 114 cm³/mol. The minimum atomic E-state index is -1.30. The Kier molecular flexibility index (Phi) is 5.99. The molecule has 170 valence electrons. The zero-order valence-electron chi connectivity index (χ0n) is 18.7. The van der Waals surface area contributed by atoms with Crippen LogP contribution in [0.1, 0.15) is 55.5 Å². The monoisotopic (exact) mass is 440 g/mol. The molecule has 1 saturated carbocycles. The first-order chi connectivity index (χ1) is 15.4. The lowest BCUT2D eigenvalue weighted by Crippen LogP contribution is -2.45. The zero-order chi connectivity index (χ0) is 22.9. The smallest absolute Gasteiger partial charge is 0.241 e. The third kappa shape index (κ3) is 3.76. The Bertz CT molecular complexity index is 1030. The Labute approximate surface area is 186 Å². The van der Waals surface area contributed by atoms with Crippen LogP contribution in [-0.2, 0) is 26.3 Å². The summed E-state index contributed by atoms with van der Waals surface area (Å²) >= 11 is 0. The highest BCUT2D eigenvalue weighted by atomic mass is 16.6. The maximum absolute atomic E-state index is 13.9. The van der Waals surface area contributed by atoms with E-state index in [-0.39, 0.29) is 43.1 Å². The van der Waals surface area contributed by atoms with Crippen molar-refractivity contribution in [1.29, 1.82) is 0 Å². The van der Waals surface area contributed by atoms with Crippen molar-refractivity contribution >= 4 is 17.7 Å². The number of likely N-dealkylation sites (tertiary alicyclic amines) is 1. The van der Waals surface area contributed by atoms with Crippen LogP contribution in [0.4, 0.5) is 0 Å². The molecule has 1 aliphatic heterocycles. The Morgan fingerprint density at radius 2 is 1.97 bits per heavy atom. The maximum atomic E-state index is 13.9. The topological polar surface area (TPSA) is 106 Å². The fourth-order valence-corrected chi connectivity index (χ4v) is 4.88. The van der Waals surface area contributed by atoms with Crippen molar-refractivity contribution in [2.75, 3.05) is 14.2 Å². The molecule has 32 heavy (non-hydrogen) atoms. The summed E-state index contributed by atoms with van der Waals surface area (Å²) in [5.41, 5.74) is 0.425. The normalized spacial score (nSPS) is 21.4. The SMILES string of the molecule is COc1ccccc1[C@@]1(CC(=O)N(C)Cc2nonc2C)CC(=O)N(C2CCCC2)C1=O. The van der Waals surface area contributed by atoms with Crippen molar-refractivity contribution < 1.29 is 23.7 Å². The second-order valence-corrected chi connectivity index (χ2v) is 8.69. The number of carbonyl (C=O) groups is 3. The van der Waals surface area contributed by atoms with Gasteiger partial charge in [0, 0.05) is 31.5 Å². The molecule has 2 aromatic rings. The molecule has 9 nitrogen and oxygen atoms in total. The summed E-state index contributed by atoms with van der Waals surface area (Å²) in [4.78, 5) is 43.2. The van der Waals surface area contributed by atoms with Gasteiger partial charge in [0.25, 0.3) is 0 Å². The number of rotatable bonds is 7. The van der Waals surface area contributed by atoms with Crippen LogP contribution in [0.5, 0.6) is 5.75 Å². The number of amides is 3. The minimum absolute atomic E-state index is 0.0488. The second kappa shape index (κ2) is 8.72. The quantitative estimate of drug-likeness (QED) is 0.609. The highest BCUT2D eigenvalue weighted by Crippen LogP contribution is 2.46. The summed E-state index contributed by atoms with van der Waals surface area (Å²) in [6, 6.07) is 7.05. The molecule has 1 saturated heterocycles. The number of aromatic nitrogens is 2. The van der Waals surface area contributed by atoms with Gasteiger partial charge in [-0.2, -0.15) is 0 Å². The summed E-state index contributed by atoms with van der Waals surface area (Å²) in [6.07, 6.45) is 3.43. The first-order valence-corrected chi connectivity index (χ1v) is 10.9. The van der Waals surface area contributed by atoms with E-state index in [2.05, 4.69) is 10.3 Å². The van der Waals surface area contributed by atoms with Crippen LogP contribution in [0.2, 0.25) is 0 Å². The molecule has 1 aromatic carbocycles. The van der Waals surface area contributed by atoms with Gasteiger partial charge < -0.3 is 9.64 Å². The predicted octanol–water partition coefficient (Wildman–Crippen LogP) is 2.37. The van der Waals surface area contributed by atoms with E-state index in [1.807, 2.05) is 0 Å². The summed E-state index contributed by atoms with van der Waals surface area (Å²) in [7, 11) is 3.17. The van der Waals surface area contributed by atoms with Crippen LogP contribution in [0, 0.1) is 6.92 Å². The number of benzene rings is 1. The molecule has 2 fully saturated rings. The number of hydrogen-bond acceptors (Lipinski definition) is 7. The van der Waals surface area contributed by atoms with E-state index in [1.165, 1.54) is 16.9 Å². The Balaban J connectivity index is 1.69. The fourth-order valence-electron chi connectivity index (χ4n) is 4.88. The Morgan fingerprint density at radius 3 is 2.62 bits per heavy atom. The summed E-state index contributed by atoms with van der Waals surface area (Å²) in [5.74, 6) is -0.304. The highest BCUT2D eigenvalue weighted by Gasteiger charge is 2.56. The number of methoxy groups -OCH3 is 1. The van der Waals surface area contributed by atoms with Gasteiger partial charge in [-0.1, -0.05) is 41.4 Å². The van der Waals surface area contributed by atoms with Crippen LogP contribution < -0.4 is 4.74 Å². The summed E-state index contributed by atoms with van der Waals surface area (Å²) < 4.78 is 10.3. The first-order valence-electron chi connectivity index (χ1n) is 10.9. The minimum Gasteiger partial charge on any atom is -0.496 e. The third-order valence-corrected chi connectivity index (χ3v) is 6.67. The fraction of sp³-hybridized carbons (Fsp3) is 0.522. The molecular weight excluding hydrogens is 412 g/mol. The number of carbonyl (C=O) groups excluding carboxylic acids is 3. The van der Waals surface area contributed by atoms with Gasteiger partial charge in [-0.25, -0.2) is 4.63 Å². The lowest BCUT2D eigenvalue weighted by Gasteiger charge is -2.31. The Morgan fingerprint density at radius 1 is 1.25 bits per heavy atom. The van der Waals surface area contributed by atoms with Crippen molar-refractivity contribution in [3.8, 4) is 5.75 Å². The van der Waals surface area contributed by atoms with E-state index in [0.29, 0.717) is 22.7 Å². The molecule has 1 atom stereocenters. The van der Waals surface area contributed by atoms with Crippen LogP contribution in [0.25, 0.3) is 0 Å². The van der Waals surface area contributed by atoms with Gasteiger partial charge in [0.2, 0.25) is 17.7 Å². The number of hydrogen-bond donors (Lipinski definition) is 0. The summed E-state index contributed by atoms with van der Waals surface area (Å²) in [6.45, 7) is 1.95. The van der Waals surface area contributed by atoms with E-state index in [4.69, 9.17) is 9.37 Å². The first kappa shape index (κ1) is 22.0. The summed E-state index contributed by atoms with van der Waals surface area (Å²) in [5, 5.41) is 7.58. The molecule has 0 N–H and O–H groups in total. The van der Waals surface area contributed by atoms with Crippen molar-refractivity contribution in [1.82, 2.24) is 20.1 Å². The van der Waals surface area contributed by atoms with Gasteiger partial charge in [-0.05, 0) is 25.8 Å². The molecule has 0 radical (unpaired) electrons. The lowest BCUT2D eigenvalue weighted by atomic mass is 9.75. The number of para-hydroxylation sites is 1. The van der Waals surface area contributed by atoms with Crippen molar-refractivity contribution in [2.45, 2.75) is 63.5 Å². The number of aryl methyl sites for hydroxylation is 1.